The van der Waals surface area contributed by atoms with Gasteiger partial charge in [-0.25, -0.2) is 0 Å². The summed E-state index contributed by atoms with van der Waals surface area (Å²) in [6.07, 6.45) is 2.28. The van der Waals surface area contributed by atoms with E-state index in [-0.39, 0.29) is 29.9 Å². The van der Waals surface area contributed by atoms with Crippen molar-refractivity contribution in [2.24, 2.45) is 0 Å². The molecule has 1 fully saturated rings. The molecule has 3 unspecified atom stereocenters. The Bertz CT molecular complexity index is 231. The summed E-state index contributed by atoms with van der Waals surface area (Å²) in [4.78, 5) is 11.7. The predicted octanol–water partition coefficient (Wildman–Crippen LogP) is -0.406. The Morgan fingerprint density at radius 3 is 3.00 bits per heavy atom. The molecule has 6 heteroatoms. The van der Waals surface area contributed by atoms with Crippen molar-refractivity contribution in [2.75, 3.05) is 32.6 Å². The van der Waals surface area contributed by atoms with Gasteiger partial charge in [-0.1, -0.05) is 0 Å². The topological polar surface area (TPSA) is 70.6 Å². The van der Waals surface area contributed by atoms with Crippen LogP contribution in [0.25, 0.3) is 0 Å². The fourth-order valence-electron chi connectivity index (χ4n) is 1.80. The molecule has 1 rings (SSSR count). The standard InChI is InChI=1S/C11H22N2O3S/c1-8(10(7-14)17-2)13-11(15)5-9-6-12-3-4-16-9/h8-10,12,14H,3-7H2,1-2H3,(H,13,15). The van der Waals surface area contributed by atoms with Crippen LogP contribution in [0.3, 0.4) is 0 Å². The van der Waals surface area contributed by atoms with Crippen LogP contribution in [-0.2, 0) is 9.53 Å². The third kappa shape index (κ3) is 5.25. The molecule has 1 amide bonds. The van der Waals surface area contributed by atoms with Crippen molar-refractivity contribution in [2.45, 2.75) is 30.7 Å². The second-order valence-electron chi connectivity index (χ2n) is 4.21. The fourth-order valence-corrected chi connectivity index (χ4v) is 2.43. The van der Waals surface area contributed by atoms with Crippen LogP contribution in [-0.4, -0.2) is 61.0 Å². The molecule has 0 aromatic carbocycles. The molecule has 1 aliphatic rings. The van der Waals surface area contributed by atoms with Crippen LogP contribution in [0, 0.1) is 0 Å². The van der Waals surface area contributed by atoms with E-state index in [4.69, 9.17) is 9.84 Å². The number of amides is 1. The van der Waals surface area contributed by atoms with E-state index in [9.17, 15) is 4.79 Å². The van der Waals surface area contributed by atoms with Gasteiger partial charge < -0.3 is 20.5 Å². The summed E-state index contributed by atoms with van der Waals surface area (Å²) in [6, 6.07) is -0.0287. The van der Waals surface area contributed by atoms with Gasteiger partial charge in [-0.15, -0.1) is 0 Å². The smallest absolute Gasteiger partial charge is 0.222 e. The largest absolute Gasteiger partial charge is 0.395 e. The van der Waals surface area contributed by atoms with Gasteiger partial charge in [-0.05, 0) is 13.2 Å². The number of hydrogen-bond acceptors (Lipinski definition) is 5. The third-order valence-corrected chi connectivity index (χ3v) is 4.01. The van der Waals surface area contributed by atoms with Gasteiger partial charge in [0.2, 0.25) is 5.91 Å². The summed E-state index contributed by atoms with van der Waals surface area (Å²) >= 11 is 1.56. The van der Waals surface area contributed by atoms with E-state index in [1.54, 1.807) is 11.8 Å². The lowest BCUT2D eigenvalue weighted by Crippen LogP contribution is -2.45. The molecular weight excluding hydrogens is 240 g/mol. The molecular formula is C11H22N2O3S. The molecule has 3 N–H and O–H groups in total. The van der Waals surface area contributed by atoms with E-state index in [1.807, 2.05) is 13.2 Å². The fraction of sp³-hybridized carbons (Fsp3) is 0.909. The van der Waals surface area contributed by atoms with E-state index < -0.39 is 0 Å². The van der Waals surface area contributed by atoms with Crippen LogP contribution in [0.1, 0.15) is 13.3 Å². The normalized spacial score (nSPS) is 24.1. The maximum atomic E-state index is 11.7. The van der Waals surface area contributed by atoms with Gasteiger partial charge in [-0.2, -0.15) is 11.8 Å². The molecule has 3 atom stereocenters. The Kier molecular flexibility index (Phi) is 6.87. The van der Waals surface area contributed by atoms with Crippen molar-refractivity contribution in [1.29, 1.82) is 0 Å². The number of nitrogens with one attached hydrogen (secondary N) is 2. The maximum Gasteiger partial charge on any atom is 0.222 e. The summed E-state index contributed by atoms with van der Waals surface area (Å²) < 4.78 is 5.47. The molecule has 0 spiro atoms. The lowest BCUT2D eigenvalue weighted by atomic mass is 10.2. The Morgan fingerprint density at radius 1 is 1.71 bits per heavy atom. The Hall–Kier alpha value is -0.300. The monoisotopic (exact) mass is 262 g/mol. The lowest BCUT2D eigenvalue weighted by Gasteiger charge is -2.25. The average Bonchev–Trinajstić information content (AvgIpc) is 2.31. The van der Waals surface area contributed by atoms with Crippen LogP contribution in [0.15, 0.2) is 0 Å². The van der Waals surface area contributed by atoms with Gasteiger partial charge in [0.25, 0.3) is 0 Å². The number of aliphatic hydroxyl groups excluding tert-OH is 1. The van der Waals surface area contributed by atoms with E-state index in [0.717, 1.165) is 13.1 Å². The number of morpholine rings is 1. The van der Waals surface area contributed by atoms with Crippen molar-refractivity contribution >= 4 is 17.7 Å². The SMILES string of the molecule is CSC(CO)C(C)NC(=O)CC1CNCCO1. The summed E-state index contributed by atoms with van der Waals surface area (Å²) in [5, 5.41) is 15.3. The van der Waals surface area contributed by atoms with Gasteiger partial charge in [0.1, 0.15) is 0 Å². The molecule has 0 aliphatic carbocycles. The second kappa shape index (κ2) is 7.92. The molecule has 1 aliphatic heterocycles. The summed E-state index contributed by atoms with van der Waals surface area (Å²) in [5.74, 6) is -0.0151. The third-order valence-electron chi connectivity index (χ3n) is 2.85. The Balaban J connectivity index is 2.27. The summed E-state index contributed by atoms with van der Waals surface area (Å²) in [5.41, 5.74) is 0. The average molecular weight is 262 g/mol. The summed E-state index contributed by atoms with van der Waals surface area (Å²) in [7, 11) is 0. The zero-order valence-corrected chi connectivity index (χ0v) is 11.3. The minimum atomic E-state index is -0.0298. The highest BCUT2D eigenvalue weighted by molar-refractivity contribution is 7.99. The lowest BCUT2D eigenvalue weighted by molar-refractivity contribution is -0.125. The van der Waals surface area contributed by atoms with Gasteiger partial charge >= 0.3 is 0 Å². The Morgan fingerprint density at radius 2 is 2.47 bits per heavy atom. The molecule has 1 saturated heterocycles. The van der Waals surface area contributed by atoms with Crippen LogP contribution < -0.4 is 10.6 Å². The highest BCUT2D eigenvalue weighted by atomic mass is 32.2. The number of hydrogen-bond donors (Lipinski definition) is 3. The molecule has 1 heterocycles. The zero-order valence-electron chi connectivity index (χ0n) is 10.4. The van der Waals surface area contributed by atoms with Gasteiger partial charge in [0, 0.05) is 24.4 Å². The first kappa shape index (κ1) is 14.8. The molecule has 0 bridgehead atoms. The van der Waals surface area contributed by atoms with Crippen molar-refractivity contribution < 1.29 is 14.6 Å². The number of carbonyl (C=O) groups excluding carboxylic acids is 1. The molecule has 17 heavy (non-hydrogen) atoms. The highest BCUT2D eigenvalue weighted by Gasteiger charge is 2.21. The first-order valence-corrected chi connectivity index (χ1v) is 7.21. The van der Waals surface area contributed by atoms with Crippen LogP contribution in [0.2, 0.25) is 0 Å². The zero-order chi connectivity index (χ0) is 12.7. The summed E-state index contributed by atoms with van der Waals surface area (Å²) in [6.45, 7) is 4.23. The Labute approximate surface area is 107 Å². The van der Waals surface area contributed by atoms with Gasteiger partial charge in [0.15, 0.2) is 0 Å². The van der Waals surface area contributed by atoms with Crippen molar-refractivity contribution in [1.82, 2.24) is 10.6 Å². The van der Waals surface area contributed by atoms with E-state index in [2.05, 4.69) is 10.6 Å². The predicted molar refractivity (Wildman–Crippen MR) is 69.2 cm³/mol. The number of rotatable bonds is 6. The minimum Gasteiger partial charge on any atom is -0.395 e. The van der Waals surface area contributed by atoms with Crippen molar-refractivity contribution in [3.63, 3.8) is 0 Å². The van der Waals surface area contributed by atoms with E-state index in [0.29, 0.717) is 13.0 Å². The number of thioether (sulfide) groups is 1. The molecule has 0 aromatic heterocycles. The first-order chi connectivity index (χ1) is 8.17. The number of carbonyl (C=O) groups is 1. The highest BCUT2D eigenvalue weighted by Crippen LogP contribution is 2.10. The van der Waals surface area contributed by atoms with Crippen LogP contribution in [0.5, 0.6) is 0 Å². The van der Waals surface area contributed by atoms with E-state index in [1.165, 1.54) is 0 Å². The van der Waals surface area contributed by atoms with Crippen LogP contribution >= 0.6 is 11.8 Å². The molecule has 5 nitrogen and oxygen atoms in total. The molecule has 100 valence electrons. The molecule has 0 radical (unpaired) electrons. The van der Waals surface area contributed by atoms with Crippen molar-refractivity contribution in [3.8, 4) is 0 Å². The maximum absolute atomic E-state index is 11.7. The quantitative estimate of drug-likeness (QED) is 0.607. The second-order valence-corrected chi connectivity index (χ2v) is 5.29. The minimum absolute atomic E-state index is 0.0151. The van der Waals surface area contributed by atoms with E-state index >= 15 is 0 Å². The number of aliphatic hydroxyl groups is 1. The van der Waals surface area contributed by atoms with Gasteiger partial charge in [0.05, 0.1) is 25.7 Å². The van der Waals surface area contributed by atoms with Gasteiger partial charge in [-0.3, -0.25) is 4.79 Å². The molecule has 0 saturated carbocycles. The number of ether oxygens (including phenoxy) is 1. The van der Waals surface area contributed by atoms with Crippen LogP contribution in [0.4, 0.5) is 0 Å². The first-order valence-electron chi connectivity index (χ1n) is 5.92. The van der Waals surface area contributed by atoms with Crippen molar-refractivity contribution in [3.05, 3.63) is 0 Å². The molecule has 0 aromatic rings.